The van der Waals surface area contributed by atoms with Gasteiger partial charge >= 0.3 is 0 Å². The van der Waals surface area contributed by atoms with E-state index >= 15 is 0 Å². The van der Waals surface area contributed by atoms with E-state index in [-0.39, 0.29) is 35.2 Å². The van der Waals surface area contributed by atoms with Gasteiger partial charge in [0.25, 0.3) is 0 Å². The molecule has 10 heteroatoms. The molecule has 3 aromatic rings. The molecule has 1 aromatic carbocycles. The number of aromatic nitrogens is 3. The molecule has 160 valence electrons. The van der Waals surface area contributed by atoms with Crippen LogP contribution in [-0.4, -0.2) is 32.9 Å². The van der Waals surface area contributed by atoms with E-state index < -0.39 is 5.82 Å². The minimum atomic E-state index is -0.606. The minimum absolute atomic E-state index is 0.0179. The Morgan fingerprint density at radius 1 is 1.23 bits per heavy atom. The van der Waals surface area contributed by atoms with E-state index in [1.165, 1.54) is 18.4 Å². The number of hydrogen-bond donors (Lipinski definition) is 3. The molecule has 0 amide bonds. The molecule has 4 rings (SSSR count). The number of aliphatic imine (C=N–C) groups is 1. The summed E-state index contributed by atoms with van der Waals surface area (Å²) in [6.07, 6.45) is 5.66. The molecule has 0 spiro atoms. The van der Waals surface area contributed by atoms with Crippen LogP contribution in [0.3, 0.4) is 0 Å². The van der Waals surface area contributed by atoms with Gasteiger partial charge in [-0.1, -0.05) is 23.4 Å². The zero-order valence-corrected chi connectivity index (χ0v) is 16.6. The number of hydrogen-bond acceptors (Lipinski definition) is 8. The van der Waals surface area contributed by atoms with Crippen LogP contribution >= 0.6 is 0 Å². The molecule has 0 radical (unpaired) electrons. The molecule has 31 heavy (non-hydrogen) atoms. The van der Waals surface area contributed by atoms with Crippen molar-refractivity contribution in [3.63, 3.8) is 0 Å². The fourth-order valence-electron chi connectivity index (χ4n) is 2.78. The number of allylic oxidation sites excluding steroid dienone is 1. The number of anilines is 1. The summed E-state index contributed by atoms with van der Waals surface area (Å²) in [5.74, 6) is -0.850. The zero-order valence-electron chi connectivity index (χ0n) is 16.6. The monoisotopic (exact) mass is 425 g/mol. The van der Waals surface area contributed by atoms with E-state index in [0.29, 0.717) is 23.5 Å². The van der Waals surface area contributed by atoms with Crippen molar-refractivity contribution in [3.05, 3.63) is 77.6 Å². The van der Waals surface area contributed by atoms with Gasteiger partial charge in [-0.25, -0.2) is 18.7 Å². The maximum Gasteiger partial charge on any atom is 0.183 e. The fraction of sp³-hybridized carbons (Fsp3) is 0.238. The lowest BCUT2D eigenvalue weighted by molar-refractivity contribution is 0.418. The largest absolute Gasteiger partial charge is 0.396 e. The molecule has 0 unspecified atom stereocenters. The summed E-state index contributed by atoms with van der Waals surface area (Å²) >= 11 is 0. The van der Waals surface area contributed by atoms with Crippen LogP contribution in [0.2, 0.25) is 0 Å². The Labute approximate surface area is 177 Å². The second-order valence-electron chi connectivity index (χ2n) is 7.38. The summed E-state index contributed by atoms with van der Waals surface area (Å²) in [7, 11) is 0. The van der Waals surface area contributed by atoms with Crippen molar-refractivity contribution in [1.82, 2.24) is 15.1 Å². The van der Waals surface area contributed by atoms with E-state index in [1.54, 1.807) is 24.3 Å². The molecule has 8 nitrogen and oxygen atoms in total. The molecule has 5 N–H and O–H groups in total. The van der Waals surface area contributed by atoms with Crippen molar-refractivity contribution in [2.24, 2.45) is 16.5 Å². The summed E-state index contributed by atoms with van der Waals surface area (Å²) in [6, 6.07) is 7.92. The van der Waals surface area contributed by atoms with Gasteiger partial charge in [0.1, 0.15) is 17.8 Å². The maximum atomic E-state index is 14.1. The van der Waals surface area contributed by atoms with E-state index in [4.69, 9.17) is 16.0 Å². The third-order valence-electron chi connectivity index (χ3n) is 4.87. The molecule has 2 aromatic heterocycles. The van der Waals surface area contributed by atoms with Gasteiger partial charge in [0, 0.05) is 23.7 Å². The third kappa shape index (κ3) is 5.10. The van der Waals surface area contributed by atoms with Crippen molar-refractivity contribution in [3.8, 4) is 0 Å². The zero-order chi connectivity index (χ0) is 21.8. The predicted molar refractivity (Wildman–Crippen MR) is 112 cm³/mol. The number of nitrogens with one attached hydrogen (secondary N) is 1. The van der Waals surface area contributed by atoms with Gasteiger partial charge in [-0.05, 0) is 25.0 Å². The van der Waals surface area contributed by atoms with Crippen LogP contribution in [0, 0.1) is 11.6 Å². The first-order valence-electron chi connectivity index (χ1n) is 9.65. The first-order valence-corrected chi connectivity index (χ1v) is 9.65. The number of nitrogens with two attached hydrogens (primary N) is 2. The van der Waals surface area contributed by atoms with E-state index in [2.05, 4.69) is 25.4 Å². The van der Waals surface area contributed by atoms with Crippen LogP contribution in [0.1, 0.15) is 29.9 Å². The van der Waals surface area contributed by atoms with Crippen LogP contribution in [0.5, 0.6) is 0 Å². The molecule has 0 atom stereocenters. The molecular weight excluding hydrogens is 404 g/mol. The highest BCUT2D eigenvalue weighted by Crippen LogP contribution is 2.32. The Morgan fingerprint density at radius 2 is 2.03 bits per heavy atom. The molecule has 0 saturated heterocycles. The van der Waals surface area contributed by atoms with Crippen LogP contribution in [-0.2, 0) is 6.54 Å². The van der Waals surface area contributed by atoms with Crippen LogP contribution in [0.4, 0.5) is 14.6 Å². The highest BCUT2D eigenvalue weighted by molar-refractivity contribution is 6.10. The lowest BCUT2D eigenvalue weighted by atomic mass is 10.2. The Bertz CT molecular complexity index is 1120. The van der Waals surface area contributed by atoms with Crippen molar-refractivity contribution < 1.29 is 13.3 Å². The van der Waals surface area contributed by atoms with Crippen LogP contribution in [0.15, 0.2) is 58.4 Å². The molecule has 1 fully saturated rings. The highest BCUT2D eigenvalue weighted by atomic mass is 19.1. The van der Waals surface area contributed by atoms with Crippen molar-refractivity contribution in [1.29, 1.82) is 0 Å². The number of rotatable bonds is 8. The average Bonchev–Trinajstić information content (AvgIpc) is 3.25. The maximum absolute atomic E-state index is 14.1. The van der Waals surface area contributed by atoms with Gasteiger partial charge in [-0.15, -0.1) is 0 Å². The van der Waals surface area contributed by atoms with E-state index in [1.807, 2.05) is 0 Å². The first-order chi connectivity index (χ1) is 14.9. The SMILES string of the molecule is NC(=CC(=NCc1ccccc1F)c1ccon1)c1ncc(F)c(NCC2(N)CC2)n1. The first kappa shape index (κ1) is 20.6. The topological polar surface area (TPSA) is 128 Å². The number of nitrogens with zero attached hydrogens (tertiary/aromatic N) is 4. The second kappa shape index (κ2) is 8.60. The highest BCUT2D eigenvalue weighted by Gasteiger charge is 2.38. The molecule has 1 aliphatic carbocycles. The van der Waals surface area contributed by atoms with E-state index in [9.17, 15) is 8.78 Å². The fourth-order valence-corrected chi connectivity index (χ4v) is 2.78. The summed E-state index contributed by atoms with van der Waals surface area (Å²) < 4.78 is 32.9. The molecule has 1 saturated carbocycles. The standard InChI is InChI=1S/C21H21F2N7O/c22-14-4-2-1-3-13(14)10-26-18(17-5-8-31-30-17)9-16(24)20-27-11-15(23)19(29-20)28-12-21(25)6-7-21/h1-5,8-9,11H,6-7,10,12,24-25H2,(H,27,28,29). The van der Waals surface area contributed by atoms with Gasteiger partial charge in [0.05, 0.1) is 24.2 Å². The minimum Gasteiger partial charge on any atom is -0.396 e. The normalized spacial score (nSPS) is 15.7. The molecule has 1 aliphatic rings. The lowest BCUT2D eigenvalue weighted by Gasteiger charge is -2.12. The average molecular weight is 425 g/mol. The Hall–Kier alpha value is -3.66. The molecule has 0 bridgehead atoms. The van der Waals surface area contributed by atoms with Gasteiger partial charge in [-0.2, -0.15) is 0 Å². The summed E-state index contributed by atoms with van der Waals surface area (Å²) in [5, 5.41) is 6.78. The van der Waals surface area contributed by atoms with Crippen molar-refractivity contribution >= 4 is 17.2 Å². The summed E-state index contributed by atoms with van der Waals surface area (Å²) in [6.45, 7) is 0.465. The molecule has 0 aliphatic heterocycles. The third-order valence-corrected chi connectivity index (χ3v) is 4.87. The molecule has 2 heterocycles. The number of benzene rings is 1. The van der Waals surface area contributed by atoms with Gasteiger partial charge in [0.2, 0.25) is 0 Å². The van der Waals surface area contributed by atoms with Crippen molar-refractivity contribution in [2.75, 3.05) is 11.9 Å². The Morgan fingerprint density at radius 3 is 2.74 bits per heavy atom. The van der Waals surface area contributed by atoms with Crippen molar-refractivity contribution in [2.45, 2.75) is 24.9 Å². The van der Waals surface area contributed by atoms with Crippen LogP contribution < -0.4 is 16.8 Å². The summed E-state index contributed by atoms with van der Waals surface area (Å²) in [4.78, 5) is 12.5. The second-order valence-corrected chi connectivity index (χ2v) is 7.38. The smallest absolute Gasteiger partial charge is 0.183 e. The Balaban J connectivity index is 1.60. The van der Waals surface area contributed by atoms with Gasteiger partial charge in [0.15, 0.2) is 17.5 Å². The lowest BCUT2D eigenvalue weighted by Crippen LogP contribution is -2.31. The quantitative estimate of drug-likeness (QED) is 0.473. The predicted octanol–water partition coefficient (Wildman–Crippen LogP) is 2.64. The Kier molecular flexibility index (Phi) is 5.72. The molecular formula is C21H21F2N7O. The number of halogens is 2. The van der Waals surface area contributed by atoms with Crippen LogP contribution in [0.25, 0.3) is 5.70 Å². The van der Waals surface area contributed by atoms with Gasteiger partial charge < -0.3 is 21.3 Å². The van der Waals surface area contributed by atoms with E-state index in [0.717, 1.165) is 19.0 Å². The summed E-state index contributed by atoms with van der Waals surface area (Å²) in [5.41, 5.74) is 13.2. The van der Waals surface area contributed by atoms with Gasteiger partial charge in [-0.3, -0.25) is 4.99 Å².